The van der Waals surface area contributed by atoms with E-state index in [0.717, 1.165) is 39.8 Å². The van der Waals surface area contributed by atoms with E-state index >= 15 is 0 Å². The molecule has 5 atom stereocenters. The van der Waals surface area contributed by atoms with Crippen LogP contribution in [0, 0.1) is 29.6 Å². The summed E-state index contributed by atoms with van der Waals surface area (Å²) in [4.78, 5) is 0. The molecule has 3 aliphatic rings. The van der Waals surface area contributed by atoms with Gasteiger partial charge in [0.05, 0.1) is 11.6 Å². The summed E-state index contributed by atoms with van der Waals surface area (Å²) >= 11 is 3.62. The zero-order valence-electron chi connectivity index (χ0n) is 12.1. The summed E-state index contributed by atoms with van der Waals surface area (Å²) in [5, 5.41) is 3.58. The summed E-state index contributed by atoms with van der Waals surface area (Å²) in [5.41, 5.74) is 1.40. The van der Waals surface area contributed by atoms with E-state index in [1.165, 1.54) is 24.8 Å². The maximum Gasteiger partial charge on any atom is 0.133 e. The molecule has 0 radical (unpaired) electrons. The van der Waals surface area contributed by atoms with Crippen LogP contribution >= 0.6 is 15.9 Å². The lowest BCUT2D eigenvalue weighted by molar-refractivity contribution is 0.384. The van der Waals surface area contributed by atoms with Gasteiger partial charge in [-0.1, -0.05) is 6.07 Å². The van der Waals surface area contributed by atoms with E-state index < -0.39 is 0 Å². The van der Waals surface area contributed by atoms with Gasteiger partial charge >= 0.3 is 0 Å². The number of benzene rings is 1. The topological polar surface area (TPSA) is 21.3 Å². The van der Waals surface area contributed by atoms with Gasteiger partial charge in [0.25, 0.3) is 0 Å². The predicted molar refractivity (Wildman–Crippen MR) is 83.8 cm³/mol. The van der Waals surface area contributed by atoms with Gasteiger partial charge in [-0.2, -0.15) is 0 Å². The highest BCUT2D eigenvalue weighted by Gasteiger charge is 2.66. The second kappa shape index (κ2) is 4.74. The Labute approximate surface area is 129 Å². The van der Waals surface area contributed by atoms with Gasteiger partial charge in [-0.05, 0) is 89.5 Å². The number of hydrogen-bond acceptors (Lipinski definition) is 2. The van der Waals surface area contributed by atoms with Crippen LogP contribution in [-0.2, 0) is 0 Å². The molecular weight excluding hydrogens is 314 g/mol. The lowest BCUT2D eigenvalue weighted by Gasteiger charge is -2.21. The third kappa shape index (κ3) is 1.79. The van der Waals surface area contributed by atoms with Crippen molar-refractivity contribution in [2.75, 3.05) is 14.2 Å². The highest BCUT2D eigenvalue weighted by atomic mass is 79.9. The first-order valence-corrected chi connectivity index (χ1v) is 8.54. The first kappa shape index (κ1) is 13.1. The molecule has 2 bridgehead atoms. The molecule has 3 saturated carbocycles. The minimum Gasteiger partial charge on any atom is -0.496 e. The maximum absolute atomic E-state index is 5.34. The lowest BCUT2D eigenvalue weighted by atomic mass is 9.93. The van der Waals surface area contributed by atoms with Gasteiger partial charge in [-0.15, -0.1) is 0 Å². The number of methoxy groups -OCH3 is 1. The zero-order chi connectivity index (χ0) is 13.9. The van der Waals surface area contributed by atoms with Crippen LogP contribution in [0.4, 0.5) is 0 Å². The Hall–Kier alpha value is -0.540. The van der Waals surface area contributed by atoms with Crippen molar-refractivity contribution in [3.8, 4) is 5.75 Å². The number of fused-ring (bicyclic) bond motifs is 5. The van der Waals surface area contributed by atoms with Crippen LogP contribution in [-0.4, -0.2) is 14.2 Å². The fourth-order valence-corrected chi connectivity index (χ4v) is 5.85. The molecule has 108 valence electrons. The Morgan fingerprint density at radius 3 is 2.50 bits per heavy atom. The molecule has 0 heterocycles. The highest BCUT2D eigenvalue weighted by molar-refractivity contribution is 9.10. The summed E-state index contributed by atoms with van der Waals surface area (Å²) in [7, 11) is 3.83. The van der Waals surface area contributed by atoms with Gasteiger partial charge in [0.1, 0.15) is 5.75 Å². The van der Waals surface area contributed by atoms with Crippen LogP contribution < -0.4 is 10.1 Å². The molecule has 5 unspecified atom stereocenters. The van der Waals surface area contributed by atoms with Crippen molar-refractivity contribution in [1.82, 2.24) is 5.32 Å². The fraction of sp³-hybridized carbons (Fsp3) is 0.647. The van der Waals surface area contributed by atoms with Crippen molar-refractivity contribution in [3.63, 3.8) is 0 Å². The molecule has 4 rings (SSSR count). The van der Waals surface area contributed by atoms with Gasteiger partial charge in [0.2, 0.25) is 0 Å². The summed E-state index contributed by atoms with van der Waals surface area (Å²) in [6, 6.07) is 7.04. The molecule has 2 nitrogen and oxygen atoms in total. The minimum absolute atomic E-state index is 0.510. The summed E-state index contributed by atoms with van der Waals surface area (Å²) in [6.07, 6.45) is 4.50. The van der Waals surface area contributed by atoms with Crippen molar-refractivity contribution >= 4 is 15.9 Å². The molecule has 0 spiro atoms. The van der Waals surface area contributed by atoms with Gasteiger partial charge in [0, 0.05) is 6.04 Å². The number of halogens is 1. The Morgan fingerprint density at radius 1 is 1.25 bits per heavy atom. The van der Waals surface area contributed by atoms with Crippen molar-refractivity contribution in [3.05, 3.63) is 28.2 Å². The molecule has 3 fully saturated rings. The SMILES string of the molecule is CNC(c1ccc(OC)c(Br)c1)C1C2C3CCC(C3)C21. The highest BCUT2D eigenvalue weighted by Crippen LogP contribution is 2.72. The second-order valence-electron chi connectivity index (χ2n) is 6.73. The molecule has 1 N–H and O–H groups in total. The Bertz CT molecular complexity index is 516. The third-order valence-electron chi connectivity index (χ3n) is 6.03. The fourth-order valence-electron chi connectivity index (χ4n) is 5.30. The first-order chi connectivity index (χ1) is 9.74. The molecule has 1 aromatic carbocycles. The Morgan fingerprint density at radius 2 is 1.95 bits per heavy atom. The van der Waals surface area contributed by atoms with E-state index in [0.29, 0.717) is 6.04 Å². The number of hydrogen-bond donors (Lipinski definition) is 1. The van der Waals surface area contributed by atoms with E-state index in [2.05, 4.69) is 46.5 Å². The molecule has 20 heavy (non-hydrogen) atoms. The zero-order valence-corrected chi connectivity index (χ0v) is 13.7. The van der Waals surface area contributed by atoms with Gasteiger partial charge in [0.15, 0.2) is 0 Å². The van der Waals surface area contributed by atoms with Crippen molar-refractivity contribution in [1.29, 1.82) is 0 Å². The predicted octanol–water partition coefficient (Wildman–Crippen LogP) is 4.01. The Balaban J connectivity index is 1.59. The van der Waals surface area contributed by atoms with Crippen LogP contribution in [0.5, 0.6) is 5.75 Å². The van der Waals surface area contributed by atoms with E-state index in [1.807, 2.05) is 0 Å². The average Bonchev–Trinajstić information content (AvgIpc) is 2.88. The molecule has 0 aliphatic heterocycles. The molecule has 3 aliphatic carbocycles. The average molecular weight is 336 g/mol. The largest absolute Gasteiger partial charge is 0.496 e. The van der Waals surface area contributed by atoms with Crippen LogP contribution in [0.1, 0.15) is 30.9 Å². The van der Waals surface area contributed by atoms with Crippen LogP contribution in [0.2, 0.25) is 0 Å². The summed E-state index contributed by atoms with van der Waals surface area (Å²) in [5.74, 6) is 5.87. The van der Waals surface area contributed by atoms with Crippen LogP contribution in [0.15, 0.2) is 22.7 Å². The van der Waals surface area contributed by atoms with Crippen LogP contribution in [0.25, 0.3) is 0 Å². The lowest BCUT2D eigenvalue weighted by Crippen LogP contribution is -2.22. The summed E-state index contributed by atoms with van der Waals surface area (Å²) in [6.45, 7) is 0. The first-order valence-electron chi connectivity index (χ1n) is 7.75. The molecule has 0 saturated heterocycles. The monoisotopic (exact) mass is 335 g/mol. The molecule has 0 aromatic heterocycles. The maximum atomic E-state index is 5.34. The molecule has 3 heteroatoms. The van der Waals surface area contributed by atoms with Crippen molar-refractivity contribution in [2.45, 2.75) is 25.3 Å². The normalized spacial score (nSPS) is 38.6. The standard InChI is InChI=1S/C17H22BrNO/c1-19-17(11-5-6-13(20-2)12(18)8-11)16-14-9-3-4-10(7-9)15(14)16/h5-6,8-10,14-17,19H,3-4,7H2,1-2H3. The van der Waals surface area contributed by atoms with Crippen molar-refractivity contribution in [2.24, 2.45) is 29.6 Å². The quantitative estimate of drug-likeness (QED) is 0.897. The third-order valence-corrected chi connectivity index (χ3v) is 6.65. The minimum atomic E-state index is 0.510. The van der Waals surface area contributed by atoms with Gasteiger partial charge in [-0.25, -0.2) is 0 Å². The second-order valence-corrected chi connectivity index (χ2v) is 7.58. The van der Waals surface area contributed by atoms with Gasteiger partial charge in [-0.3, -0.25) is 0 Å². The molecule has 1 aromatic rings. The van der Waals surface area contributed by atoms with E-state index in [-0.39, 0.29) is 0 Å². The Kier molecular flexibility index (Phi) is 3.11. The van der Waals surface area contributed by atoms with Crippen molar-refractivity contribution < 1.29 is 4.74 Å². The van der Waals surface area contributed by atoms with E-state index in [1.54, 1.807) is 7.11 Å². The smallest absolute Gasteiger partial charge is 0.133 e. The van der Waals surface area contributed by atoms with Gasteiger partial charge < -0.3 is 10.1 Å². The van der Waals surface area contributed by atoms with E-state index in [9.17, 15) is 0 Å². The summed E-state index contributed by atoms with van der Waals surface area (Å²) < 4.78 is 6.40. The van der Waals surface area contributed by atoms with E-state index in [4.69, 9.17) is 4.74 Å². The number of ether oxygens (including phenoxy) is 1. The molecular formula is C17H22BrNO. The number of nitrogens with one attached hydrogen (secondary N) is 1. The van der Waals surface area contributed by atoms with Crippen LogP contribution in [0.3, 0.4) is 0 Å². The molecule has 0 amide bonds. The number of rotatable bonds is 4.